The lowest BCUT2D eigenvalue weighted by Crippen LogP contribution is -2.19. The highest BCUT2D eigenvalue weighted by Crippen LogP contribution is 2.19. The Bertz CT molecular complexity index is 906. The van der Waals surface area contributed by atoms with Crippen molar-refractivity contribution in [3.63, 3.8) is 0 Å². The number of carbonyl (C=O) groups excluding carboxylic acids is 2. The van der Waals surface area contributed by atoms with Gasteiger partial charge in [0.1, 0.15) is 12.4 Å². The average Bonchev–Trinajstić information content (AvgIpc) is 3.09. The quantitative estimate of drug-likeness (QED) is 0.631. The number of furan rings is 1. The summed E-state index contributed by atoms with van der Waals surface area (Å²) < 4.78 is 11.0. The van der Waals surface area contributed by atoms with Crippen LogP contribution >= 0.6 is 0 Å². The first kappa shape index (κ1) is 17.1. The molecule has 0 unspecified atom stereocenters. The lowest BCUT2D eigenvalue weighted by molar-refractivity contribution is 0.0993. The van der Waals surface area contributed by atoms with Gasteiger partial charge in [0.25, 0.3) is 5.91 Å². The maximum absolute atomic E-state index is 12.5. The highest BCUT2D eigenvalue weighted by Gasteiger charge is 2.16. The summed E-state index contributed by atoms with van der Waals surface area (Å²) in [5.41, 5.74) is 6.68. The predicted octanol–water partition coefficient (Wildman–Crippen LogP) is 3.60. The second kappa shape index (κ2) is 7.89. The van der Waals surface area contributed by atoms with Crippen LogP contribution in [0.25, 0.3) is 0 Å². The van der Waals surface area contributed by atoms with Gasteiger partial charge in [-0.2, -0.15) is 0 Å². The number of benzene rings is 2. The normalized spacial score (nSPS) is 10.2. The molecule has 1 aromatic heterocycles. The molecule has 0 aliphatic heterocycles. The molecular formula is C19H17N3O4. The van der Waals surface area contributed by atoms with Crippen molar-refractivity contribution in [3.8, 4) is 5.75 Å². The van der Waals surface area contributed by atoms with Crippen LogP contribution in [-0.4, -0.2) is 11.9 Å². The number of carbonyl (C=O) groups is 2. The van der Waals surface area contributed by atoms with Gasteiger partial charge in [-0.3, -0.25) is 4.79 Å². The SMILES string of the molecule is NC(=O)Nc1cccc(NC(=O)c2occc2COc2ccccc2)c1. The molecule has 132 valence electrons. The zero-order valence-electron chi connectivity index (χ0n) is 13.8. The van der Waals surface area contributed by atoms with Gasteiger partial charge in [0.15, 0.2) is 5.76 Å². The number of nitrogens with one attached hydrogen (secondary N) is 2. The van der Waals surface area contributed by atoms with Crippen molar-refractivity contribution >= 4 is 23.3 Å². The standard InChI is InChI=1S/C19H17N3O4/c20-19(24)22-15-6-4-5-14(11-15)21-18(23)17-13(9-10-25-17)12-26-16-7-2-1-3-8-16/h1-11H,12H2,(H,21,23)(H3,20,22,24). The first-order valence-corrected chi connectivity index (χ1v) is 7.84. The second-order valence-corrected chi connectivity index (χ2v) is 5.40. The third-order valence-corrected chi connectivity index (χ3v) is 3.48. The number of urea groups is 1. The van der Waals surface area contributed by atoms with E-state index in [1.807, 2.05) is 30.3 Å². The maximum Gasteiger partial charge on any atom is 0.316 e. The number of anilines is 2. The van der Waals surface area contributed by atoms with E-state index in [0.29, 0.717) is 22.7 Å². The predicted molar refractivity (Wildman–Crippen MR) is 97.1 cm³/mol. The summed E-state index contributed by atoms with van der Waals surface area (Å²) in [5.74, 6) is 0.442. The molecule has 2 aromatic carbocycles. The minimum atomic E-state index is -0.681. The van der Waals surface area contributed by atoms with E-state index in [0.717, 1.165) is 0 Å². The Hall–Kier alpha value is -3.74. The van der Waals surface area contributed by atoms with Crippen molar-refractivity contribution in [2.45, 2.75) is 6.61 Å². The van der Waals surface area contributed by atoms with Crippen LogP contribution in [0.15, 0.2) is 71.3 Å². The van der Waals surface area contributed by atoms with Crippen LogP contribution in [-0.2, 0) is 6.61 Å². The summed E-state index contributed by atoms with van der Waals surface area (Å²) in [6.07, 6.45) is 1.43. The highest BCUT2D eigenvalue weighted by atomic mass is 16.5. The van der Waals surface area contributed by atoms with Gasteiger partial charge in [0.05, 0.1) is 6.26 Å². The summed E-state index contributed by atoms with van der Waals surface area (Å²) in [7, 11) is 0. The lowest BCUT2D eigenvalue weighted by Gasteiger charge is -2.08. The summed E-state index contributed by atoms with van der Waals surface area (Å²) in [6.45, 7) is 0.201. The van der Waals surface area contributed by atoms with Gasteiger partial charge in [-0.25, -0.2) is 4.79 Å². The molecular weight excluding hydrogens is 334 g/mol. The molecule has 0 atom stereocenters. The van der Waals surface area contributed by atoms with Crippen LogP contribution < -0.4 is 21.1 Å². The van der Waals surface area contributed by atoms with Crippen molar-refractivity contribution in [2.24, 2.45) is 5.73 Å². The molecule has 0 spiro atoms. The Morgan fingerprint density at radius 1 is 0.962 bits per heavy atom. The van der Waals surface area contributed by atoms with E-state index in [-0.39, 0.29) is 12.4 Å². The molecule has 0 bridgehead atoms. The van der Waals surface area contributed by atoms with Crippen molar-refractivity contribution in [1.82, 2.24) is 0 Å². The number of para-hydroxylation sites is 1. The number of hydrogen-bond acceptors (Lipinski definition) is 4. The Kier molecular flexibility index (Phi) is 5.19. The van der Waals surface area contributed by atoms with Gasteiger partial charge >= 0.3 is 6.03 Å². The summed E-state index contributed by atoms with van der Waals surface area (Å²) in [5, 5.41) is 5.16. The topological polar surface area (TPSA) is 107 Å². The van der Waals surface area contributed by atoms with Crippen LogP contribution in [0, 0.1) is 0 Å². The van der Waals surface area contributed by atoms with E-state index >= 15 is 0 Å². The summed E-state index contributed by atoms with van der Waals surface area (Å²) in [4.78, 5) is 23.4. The second-order valence-electron chi connectivity index (χ2n) is 5.40. The third-order valence-electron chi connectivity index (χ3n) is 3.48. The fraction of sp³-hybridized carbons (Fsp3) is 0.0526. The number of primary amides is 1. The van der Waals surface area contributed by atoms with Gasteiger partial charge < -0.3 is 25.5 Å². The zero-order valence-corrected chi connectivity index (χ0v) is 13.8. The molecule has 7 nitrogen and oxygen atoms in total. The van der Waals surface area contributed by atoms with E-state index in [1.54, 1.807) is 30.3 Å². The molecule has 0 radical (unpaired) electrons. The number of rotatable bonds is 6. The molecule has 3 rings (SSSR count). The van der Waals surface area contributed by atoms with E-state index < -0.39 is 11.9 Å². The zero-order chi connectivity index (χ0) is 18.4. The molecule has 1 heterocycles. The number of nitrogens with two attached hydrogens (primary N) is 1. The third kappa shape index (κ3) is 4.41. The molecule has 0 saturated heterocycles. The lowest BCUT2D eigenvalue weighted by atomic mass is 10.2. The van der Waals surface area contributed by atoms with Crippen molar-refractivity contribution < 1.29 is 18.7 Å². The monoisotopic (exact) mass is 351 g/mol. The van der Waals surface area contributed by atoms with Crippen LogP contribution in [0.1, 0.15) is 16.1 Å². The van der Waals surface area contributed by atoms with Gasteiger partial charge in [0, 0.05) is 16.9 Å². The number of amides is 3. The Labute approximate surface area is 149 Å². The Morgan fingerprint density at radius 2 is 1.69 bits per heavy atom. The highest BCUT2D eigenvalue weighted by molar-refractivity contribution is 6.03. The Balaban J connectivity index is 1.67. The van der Waals surface area contributed by atoms with Gasteiger partial charge in [0.2, 0.25) is 0 Å². The Morgan fingerprint density at radius 3 is 2.42 bits per heavy atom. The van der Waals surface area contributed by atoms with Gasteiger partial charge in [-0.1, -0.05) is 24.3 Å². The summed E-state index contributed by atoms with van der Waals surface area (Å²) in [6, 6.07) is 16.9. The van der Waals surface area contributed by atoms with Crippen LogP contribution in [0.2, 0.25) is 0 Å². The average molecular weight is 351 g/mol. The van der Waals surface area contributed by atoms with E-state index in [4.69, 9.17) is 14.9 Å². The molecule has 3 aromatic rings. The van der Waals surface area contributed by atoms with Crippen LogP contribution in [0.3, 0.4) is 0 Å². The smallest absolute Gasteiger partial charge is 0.316 e. The molecule has 0 fully saturated rings. The van der Waals surface area contributed by atoms with Crippen molar-refractivity contribution in [1.29, 1.82) is 0 Å². The summed E-state index contributed by atoms with van der Waals surface area (Å²) >= 11 is 0. The van der Waals surface area contributed by atoms with E-state index in [1.165, 1.54) is 6.26 Å². The molecule has 7 heteroatoms. The fourth-order valence-corrected chi connectivity index (χ4v) is 2.33. The minimum Gasteiger partial charge on any atom is -0.489 e. The molecule has 0 aliphatic carbocycles. The van der Waals surface area contributed by atoms with Crippen molar-refractivity contribution in [3.05, 3.63) is 78.3 Å². The van der Waals surface area contributed by atoms with E-state index in [9.17, 15) is 9.59 Å². The molecule has 4 N–H and O–H groups in total. The largest absolute Gasteiger partial charge is 0.489 e. The molecule has 0 aliphatic rings. The number of ether oxygens (including phenoxy) is 1. The minimum absolute atomic E-state index is 0.161. The molecule has 3 amide bonds. The fourth-order valence-electron chi connectivity index (χ4n) is 2.33. The molecule has 0 saturated carbocycles. The van der Waals surface area contributed by atoms with Gasteiger partial charge in [-0.15, -0.1) is 0 Å². The number of hydrogen-bond donors (Lipinski definition) is 3. The molecule has 26 heavy (non-hydrogen) atoms. The van der Waals surface area contributed by atoms with Crippen molar-refractivity contribution in [2.75, 3.05) is 10.6 Å². The van der Waals surface area contributed by atoms with E-state index in [2.05, 4.69) is 10.6 Å². The first-order valence-electron chi connectivity index (χ1n) is 7.84. The van der Waals surface area contributed by atoms with Gasteiger partial charge in [-0.05, 0) is 36.4 Å². The maximum atomic E-state index is 12.5. The van der Waals surface area contributed by atoms with Crippen LogP contribution in [0.4, 0.5) is 16.2 Å². The van der Waals surface area contributed by atoms with Crippen LogP contribution in [0.5, 0.6) is 5.75 Å². The first-order chi connectivity index (χ1) is 12.6.